The number of phenols is 1. The molecule has 3 aromatic carbocycles. The van der Waals surface area contributed by atoms with Gasteiger partial charge in [-0.2, -0.15) is 8.78 Å². The maximum absolute atomic E-state index is 13.2. The van der Waals surface area contributed by atoms with E-state index in [1.54, 1.807) is 0 Å². The number of amides is 2. The molecule has 0 radical (unpaired) electrons. The standard InChI is InChI=1S/C25H22F2N4O8S/c26-25(27)39-22-7-2-1-6-19(22)23(33)29-10-12-30(13-11-29)24(34)20-14-16(8-9-21(20)32)28-40(37,38)18-5-3-4-17(15-18)31(35)36/h1-9,14-15,25,28,32H,10-13H2. The molecule has 2 amide bonds. The van der Waals surface area contributed by atoms with E-state index < -0.39 is 44.8 Å². The van der Waals surface area contributed by atoms with Gasteiger partial charge in [-0.15, -0.1) is 0 Å². The Labute approximate surface area is 226 Å². The number of nitro benzene ring substituents is 1. The molecule has 1 saturated heterocycles. The molecule has 0 spiro atoms. The minimum absolute atomic E-state index is 0.0471. The molecule has 0 aliphatic carbocycles. The summed E-state index contributed by atoms with van der Waals surface area (Å²) < 4.78 is 57.6. The van der Waals surface area contributed by atoms with E-state index in [9.17, 15) is 42.0 Å². The summed E-state index contributed by atoms with van der Waals surface area (Å²) in [4.78, 5) is 38.7. The van der Waals surface area contributed by atoms with Crippen LogP contribution in [0.15, 0.2) is 71.6 Å². The summed E-state index contributed by atoms with van der Waals surface area (Å²) in [5, 5.41) is 21.3. The molecule has 0 atom stereocenters. The van der Waals surface area contributed by atoms with Crippen molar-refractivity contribution in [1.82, 2.24) is 9.80 Å². The molecular weight excluding hydrogens is 554 g/mol. The number of rotatable bonds is 8. The van der Waals surface area contributed by atoms with E-state index >= 15 is 0 Å². The number of nitrogens with one attached hydrogen (secondary N) is 1. The topological polar surface area (TPSA) is 159 Å². The third kappa shape index (κ3) is 6.26. The van der Waals surface area contributed by atoms with Gasteiger partial charge in [-0.3, -0.25) is 24.4 Å². The number of alkyl halides is 2. The number of phenolic OH excluding ortho intramolecular Hbond substituents is 1. The molecule has 1 heterocycles. The Bertz CT molecular complexity index is 1560. The zero-order valence-corrected chi connectivity index (χ0v) is 21.4. The van der Waals surface area contributed by atoms with E-state index in [0.717, 1.165) is 24.3 Å². The second-order valence-electron chi connectivity index (χ2n) is 8.55. The first-order chi connectivity index (χ1) is 19.0. The number of nitro groups is 1. The van der Waals surface area contributed by atoms with Gasteiger partial charge in [0.15, 0.2) is 0 Å². The molecule has 0 aromatic heterocycles. The number of sulfonamides is 1. The number of anilines is 1. The fourth-order valence-electron chi connectivity index (χ4n) is 4.04. The van der Waals surface area contributed by atoms with Crippen molar-refractivity contribution in [3.8, 4) is 11.5 Å². The van der Waals surface area contributed by atoms with Crippen LogP contribution in [-0.2, 0) is 10.0 Å². The average Bonchev–Trinajstić information content (AvgIpc) is 2.93. The first kappa shape index (κ1) is 28.2. The molecular formula is C25H22F2N4O8S. The molecule has 3 aromatic rings. The number of hydrogen-bond acceptors (Lipinski definition) is 8. The van der Waals surface area contributed by atoms with E-state index in [0.29, 0.717) is 0 Å². The predicted molar refractivity (Wildman–Crippen MR) is 137 cm³/mol. The number of carbonyl (C=O) groups is 2. The number of benzene rings is 3. The summed E-state index contributed by atoms with van der Waals surface area (Å²) in [5.41, 5.74) is -0.761. The summed E-state index contributed by atoms with van der Waals surface area (Å²) in [7, 11) is -4.27. The number of aromatic hydroxyl groups is 1. The number of ether oxygens (including phenoxy) is 1. The highest BCUT2D eigenvalue weighted by Crippen LogP contribution is 2.27. The number of para-hydroxylation sites is 1. The lowest BCUT2D eigenvalue weighted by atomic mass is 10.1. The highest BCUT2D eigenvalue weighted by atomic mass is 32.2. The van der Waals surface area contributed by atoms with E-state index in [2.05, 4.69) is 9.46 Å². The highest BCUT2D eigenvalue weighted by Gasteiger charge is 2.29. The Morgan fingerprint density at radius 3 is 2.17 bits per heavy atom. The van der Waals surface area contributed by atoms with Crippen LogP contribution in [0, 0.1) is 10.1 Å². The molecule has 210 valence electrons. The quantitative estimate of drug-likeness (QED) is 0.235. The SMILES string of the molecule is O=C(c1cc(NS(=O)(=O)c2cccc([N+](=O)[O-])c2)ccc1O)N1CCN(C(=O)c2ccccc2OC(F)F)CC1. The monoisotopic (exact) mass is 576 g/mol. The van der Waals surface area contributed by atoms with E-state index in [4.69, 9.17) is 0 Å². The zero-order chi connectivity index (χ0) is 29.0. The van der Waals surface area contributed by atoms with Gasteiger partial charge in [0, 0.05) is 44.0 Å². The van der Waals surface area contributed by atoms with Crippen molar-refractivity contribution in [1.29, 1.82) is 0 Å². The number of carbonyl (C=O) groups excluding carboxylic acids is 2. The number of hydrogen-bond donors (Lipinski definition) is 2. The predicted octanol–water partition coefficient (Wildman–Crippen LogP) is 3.30. The minimum atomic E-state index is -4.27. The van der Waals surface area contributed by atoms with Crippen molar-refractivity contribution in [3.05, 3.63) is 88.0 Å². The maximum atomic E-state index is 13.2. The van der Waals surface area contributed by atoms with Crippen LogP contribution in [0.3, 0.4) is 0 Å². The first-order valence-corrected chi connectivity index (χ1v) is 13.2. The largest absolute Gasteiger partial charge is 0.507 e. The molecule has 4 rings (SSSR count). The van der Waals surface area contributed by atoms with Crippen LogP contribution in [-0.4, -0.2) is 72.9 Å². The van der Waals surface area contributed by atoms with E-state index in [1.807, 2.05) is 0 Å². The summed E-state index contributed by atoms with van der Waals surface area (Å²) >= 11 is 0. The van der Waals surface area contributed by atoms with Crippen molar-refractivity contribution in [2.45, 2.75) is 11.5 Å². The number of nitrogens with zero attached hydrogens (tertiary/aromatic N) is 3. The van der Waals surface area contributed by atoms with Crippen molar-refractivity contribution in [3.63, 3.8) is 0 Å². The van der Waals surface area contributed by atoms with Gasteiger partial charge in [-0.1, -0.05) is 18.2 Å². The van der Waals surface area contributed by atoms with Crippen molar-refractivity contribution in [2.24, 2.45) is 0 Å². The Hall–Kier alpha value is -4.79. The fourth-order valence-corrected chi connectivity index (χ4v) is 5.13. The van der Waals surface area contributed by atoms with Crippen LogP contribution in [0.2, 0.25) is 0 Å². The van der Waals surface area contributed by atoms with Gasteiger partial charge < -0.3 is 19.6 Å². The van der Waals surface area contributed by atoms with Gasteiger partial charge >= 0.3 is 6.61 Å². The van der Waals surface area contributed by atoms with E-state index in [-0.39, 0.29) is 53.6 Å². The van der Waals surface area contributed by atoms with Crippen LogP contribution in [0.5, 0.6) is 11.5 Å². The van der Waals surface area contributed by atoms with Crippen molar-refractivity contribution >= 4 is 33.2 Å². The lowest BCUT2D eigenvalue weighted by molar-refractivity contribution is -0.385. The molecule has 0 bridgehead atoms. The fraction of sp³-hybridized carbons (Fsp3) is 0.200. The number of halogens is 2. The molecule has 0 unspecified atom stereocenters. The maximum Gasteiger partial charge on any atom is 0.387 e. The third-order valence-electron chi connectivity index (χ3n) is 6.01. The van der Waals surface area contributed by atoms with Gasteiger partial charge in [0.25, 0.3) is 27.5 Å². The molecule has 1 fully saturated rings. The Morgan fingerprint density at radius 2 is 1.55 bits per heavy atom. The number of non-ortho nitro benzene ring substituents is 1. The van der Waals surface area contributed by atoms with Gasteiger partial charge in [-0.05, 0) is 36.4 Å². The smallest absolute Gasteiger partial charge is 0.387 e. The molecule has 12 nitrogen and oxygen atoms in total. The lowest BCUT2D eigenvalue weighted by Gasteiger charge is -2.35. The average molecular weight is 577 g/mol. The summed E-state index contributed by atoms with van der Waals surface area (Å²) in [6, 6.07) is 13.4. The number of piperazine rings is 1. The van der Waals surface area contributed by atoms with Gasteiger partial charge in [0.1, 0.15) is 11.5 Å². The second kappa shape index (κ2) is 11.5. The van der Waals surface area contributed by atoms with Crippen LogP contribution >= 0.6 is 0 Å². The molecule has 0 saturated carbocycles. The Kier molecular flexibility index (Phi) is 8.13. The summed E-state index contributed by atoms with van der Waals surface area (Å²) in [5.74, 6) is -1.87. The lowest BCUT2D eigenvalue weighted by Crippen LogP contribution is -2.50. The first-order valence-electron chi connectivity index (χ1n) is 11.7. The Morgan fingerprint density at radius 1 is 0.925 bits per heavy atom. The zero-order valence-electron chi connectivity index (χ0n) is 20.6. The Balaban J connectivity index is 1.46. The molecule has 2 N–H and O–H groups in total. The van der Waals surface area contributed by atoms with Gasteiger partial charge in [-0.25, -0.2) is 8.42 Å². The minimum Gasteiger partial charge on any atom is -0.507 e. The van der Waals surface area contributed by atoms with Gasteiger partial charge in [0.05, 0.1) is 20.9 Å². The molecule has 40 heavy (non-hydrogen) atoms. The molecule has 15 heteroatoms. The van der Waals surface area contributed by atoms with E-state index in [1.165, 1.54) is 52.3 Å². The van der Waals surface area contributed by atoms with Crippen molar-refractivity contribution < 1.29 is 41.6 Å². The summed E-state index contributed by atoms with van der Waals surface area (Å²) in [6.07, 6.45) is 0. The summed E-state index contributed by atoms with van der Waals surface area (Å²) in [6.45, 7) is -2.89. The van der Waals surface area contributed by atoms with Gasteiger partial charge in [0.2, 0.25) is 0 Å². The van der Waals surface area contributed by atoms with Crippen molar-refractivity contribution in [2.75, 3.05) is 30.9 Å². The van der Waals surface area contributed by atoms with Crippen LogP contribution in [0.1, 0.15) is 20.7 Å². The normalized spacial score (nSPS) is 13.7. The van der Waals surface area contributed by atoms with Crippen LogP contribution in [0.25, 0.3) is 0 Å². The van der Waals surface area contributed by atoms with Crippen LogP contribution < -0.4 is 9.46 Å². The second-order valence-corrected chi connectivity index (χ2v) is 10.2. The van der Waals surface area contributed by atoms with Crippen LogP contribution in [0.4, 0.5) is 20.2 Å². The highest BCUT2D eigenvalue weighted by molar-refractivity contribution is 7.92. The molecule has 1 aliphatic rings. The third-order valence-corrected chi connectivity index (χ3v) is 7.38. The molecule has 1 aliphatic heterocycles.